The van der Waals surface area contributed by atoms with Crippen LogP contribution in [0, 0.1) is 6.92 Å². The lowest BCUT2D eigenvalue weighted by molar-refractivity contribution is 0.589. The molecule has 7 heteroatoms. The number of aryl methyl sites for hydroxylation is 1. The van der Waals surface area contributed by atoms with Crippen LogP contribution in [-0.4, -0.2) is 28.2 Å². The van der Waals surface area contributed by atoms with Crippen LogP contribution in [0.5, 0.6) is 0 Å². The van der Waals surface area contributed by atoms with E-state index in [1.54, 1.807) is 35.0 Å². The predicted octanol–water partition coefficient (Wildman–Crippen LogP) is 4.60. The van der Waals surface area contributed by atoms with Gasteiger partial charge in [0.1, 0.15) is 5.69 Å². The van der Waals surface area contributed by atoms with Crippen LogP contribution >= 0.6 is 0 Å². The third-order valence-corrected chi connectivity index (χ3v) is 6.79. The Kier molecular flexibility index (Phi) is 4.60. The first-order chi connectivity index (χ1) is 15.1. The summed E-state index contributed by atoms with van der Waals surface area (Å²) in [5.41, 5.74) is 4.25. The molecule has 0 unspecified atom stereocenters. The van der Waals surface area contributed by atoms with E-state index in [1.807, 2.05) is 67.6 Å². The number of aromatic nitrogens is 4. The molecule has 5 rings (SSSR count). The molecule has 0 bridgehead atoms. The fourth-order valence-corrected chi connectivity index (χ4v) is 4.83. The van der Waals surface area contributed by atoms with E-state index >= 15 is 0 Å². The smallest absolute Gasteiger partial charge is 0.217 e. The molecule has 0 amide bonds. The first kappa shape index (κ1) is 19.1. The SMILES string of the molecule is Cc1ccc(S(=O)(=O)c2nnc3c(-c4ccccc4)cnn3c2-c2ccccc2)cc1. The average Bonchev–Trinajstić information content (AvgIpc) is 3.24. The normalized spacial score (nSPS) is 11.6. The first-order valence-electron chi connectivity index (χ1n) is 9.73. The van der Waals surface area contributed by atoms with Gasteiger partial charge in [-0.25, -0.2) is 12.9 Å². The zero-order chi connectivity index (χ0) is 21.4. The van der Waals surface area contributed by atoms with Crippen LogP contribution in [0.2, 0.25) is 0 Å². The highest BCUT2D eigenvalue weighted by molar-refractivity contribution is 7.91. The average molecular weight is 427 g/mol. The van der Waals surface area contributed by atoms with Crippen LogP contribution in [0.3, 0.4) is 0 Å². The van der Waals surface area contributed by atoms with Crippen molar-refractivity contribution >= 4 is 15.5 Å². The Bertz CT molecular complexity index is 1480. The molecule has 152 valence electrons. The number of sulfone groups is 1. The fourth-order valence-electron chi connectivity index (χ4n) is 3.51. The Hall–Kier alpha value is -3.84. The van der Waals surface area contributed by atoms with Crippen molar-refractivity contribution in [3.8, 4) is 22.4 Å². The third-order valence-electron chi connectivity index (χ3n) is 5.11. The molecular formula is C24H18N4O2S. The summed E-state index contributed by atoms with van der Waals surface area (Å²) in [5, 5.41) is 12.9. The summed E-state index contributed by atoms with van der Waals surface area (Å²) in [4.78, 5) is 0.166. The summed E-state index contributed by atoms with van der Waals surface area (Å²) in [6.07, 6.45) is 1.69. The summed E-state index contributed by atoms with van der Waals surface area (Å²) >= 11 is 0. The van der Waals surface area contributed by atoms with Crippen molar-refractivity contribution in [2.24, 2.45) is 0 Å². The Balaban J connectivity index is 1.81. The molecule has 0 spiro atoms. The van der Waals surface area contributed by atoms with E-state index in [0.29, 0.717) is 16.9 Å². The molecule has 0 saturated heterocycles. The topological polar surface area (TPSA) is 77.2 Å². The summed E-state index contributed by atoms with van der Waals surface area (Å²) < 4.78 is 28.6. The molecule has 5 aromatic rings. The minimum absolute atomic E-state index is 0.127. The van der Waals surface area contributed by atoms with Gasteiger partial charge in [0.25, 0.3) is 0 Å². The minimum Gasteiger partial charge on any atom is -0.217 e. The van der Waals surface area contributed by atoms with Gasteiger partial charge in [-0.15, -0.1) is 10.2 Å². The van der Waals surface area contributed by atoms with Crippen LogP contribution in [0.1, 0.15) is 5.56 Å². The standard InChI is InChI=1S/C24H18N4O2S/c1-17-12-14-20(15-13-17)31(29,30)24-22(19-10-6-3-7-11-19)28-23(26-27-24)21(16-25-28)18-8-4-2-5-9-18/h2-16H,1H3. The van der Waals surface area contributed by atoms with Crippen molar-refractivity contribution in [3.05, 3.63) is 96.7 Å². The molecular weight excluding hydrogens is 408 g/mol. The molecule has 0 atom stereocenters. The van der Waals surface area contributed by atoms with Gasteiger partial charge < -0.3 is 0 Å². The number of rotatable bonds is 4. The second-order valence-corrected chi connectivity index (χ2v) is 9.06. The predicted molar refractivity (Wildman–Crippen MR) is 118 cm³/mol. The van der Waals surface area contributed by atoms with Crippen molar-refractivity contribution in [1.29, 1.82) is 0 Å². The van der Waals surface area contributed by atoms with E-state index in [2.05, 4.69) is 15.3 Å². The van der Waals surface area contributed by atoms with Crippen molar-refractivity contribution in [3.63, 3.8) is 0 Å². The number of nitrogens with zero attached hydrogens (tertiary/aromatic N) is 4. The monoisotopic (exact) mass is 426 g/mol. The molecule has 0 saturated carbocycles. The van der Waals surface area contributed by atoms with E-state index < -0.39 is 9.84 Å². The van der Waals surface area contributed by atoms with E-state index in [9.17, 15) is 8.42 Å². The van der Waals surface area contributed by atoms with Crippen molar-refractivity contribution in [2.75, 3.05) is 0 Å². The summed E-state index contributed by atoms with van der Waals surface area (Å²) in [6.45, 7) is 1.91. The van der Waals surface area contributed by atoms with E-state index in [0.717, 1.165) is 16.7 Å². The number of benzene rings is 3. The lowest BCUT2D eigenvalue weighted by atomic mass is 10.1. The number of hydrogen-bond donors (Lipinski definition) is 0. The van der Waals surface area contributed by atoms with E-state index in [1.165, 1.54) is 0 Å². The first-order valence-corrected chi connectivity index (χ1v) is 11.2. The van der Waals surface area contributed by atoms with Gasteiger partial charge in [-0.05, 0) is 24.6 Å². The lowest BCUT2D eigenvalue weighted by Crippen LogP contribution is -2.12. The lowest BCUT2D eigenvalue weighted by Gasteiger charge is -2.11. The molecule has 3 aromatic carbocycles. The van der Waals surface area contributed by atoms with Crippen molar-refractivity contribution < 1.29 is 8.42 Å². The highest BCUT2D eigenvalue weighted by Crippen LogP contribution is 2.32. The highest BCUT2D eigenvalue weighted by Gasteiger charge is 2.28. The molecule has 0 fully saturated rings. The quantitative estimate of drug-likeness (QED) is 0.420. The van der Waals surface area contributed by atoms with Crippen LogP contribution in [-0.2, 0) is 9.84 Å². The van der Waals surface area contributed by atoms with Crippen molar-refractivity contribution in [2.45, 2.75) is 16.8 Å². The molecule has 0 N–H and O–H groups in total. The molecule has 2 heterocycles. The van der Waals surface area contributed by atoms with Gasteiger partial charge in [-0.1, -0.05) is 78.4 Å². The van der Waals surface area contributed by atoms with Gasteiger partial charge in [-0.2, -0.15) is 5.10 Å². The van der Waals surface area contributed by atoms with E-state index in [4.69, 9.17) is 0 Å². The van der Waals surface area contributed by atoms with Crippen LogP contribution < -0.4 is 0 Å². The van der Waals surface area contributed by atoms with E-state index in [-0.39, 0.29) is 9.92 Å². The zero-order valence-corrected chi connectivity index (χ0v) is 17.5. The molecule has 0 radical (unpaired) electrons. The number of hydrogen-bond acceptors (Lipinski definition) is 5. The minimum atomic E-state index is -3.92. The van der Waals surface area contributed by atoms with Gasteiger partial charge in [0, 0.05) is 11.1 Å². The van der Waals surface area contributed by atoms with Gasteiger partial charge >= 0.3 is 0 Å². The molecule has 0 aliphatic carbocycles. The van der Waals surface area contributed by atoms with Crippen LogP contribution in [0.4, 0.5) is 0 Å². The zero-order valence-electron chi connectivity index (χ0n) is 16.7. The Morgan fingerprint density at radius 2 is 1.35 bits per heavy atom. The molecule has 0 aliphatic heterocycles. The van der Waals surface area contributed by atoms with Gasteiger partial charge in [0.2, 0.25) is 14.9 Å². The van der Waals surface area contributed by atoms with Crippen LogP contribution in [0.25, 0.3) is 28.0 Å². The van der Waals surface area contributed by atoms with Crippen LogP contribution in [0.15, 0.2) is 101 Å². The van der Waals surface area contributed by atoms with Crippen molar-refractivity contribution in [1.82, 2.24) is 19.8 Å². The molecule has 2 aromatic heterocycles. The Morgan fingerprint density at radius 3 is 2.00 bits per heavy atom. The summed E-state index contributed by atoms with van der Waals surface area (Å²) in [6, 6.07) is 25.7. The maximum Gasteiger partial charge on any atom is 0.227 e. The molecule has 6 nitrogen and oxygen atoms in total. The highest BCUT2D eigenvalue weighted by atomic mass is 32.2. The maximum atomic E-state index is 13.5. The van der Waals surface area contributed by atoms with Gasteiger partial charge in [0.05, 0.1) is 11.1 Å². The summed E-state index contributed by atoms with van der Waals surface area (Å²) in [5.74, 6) is 0. The third kappa shape index (κ3) is 3.29. The van der Waals surface area contributed by atoms with Gasteiger partial charge in [-0.3, -0.25) is 0 Å². The largest absolute Gasteiger partial charge is 0.227 e. The Labute approximate surface area is 179 Å². The maximum absolute atomic E-state index is 13.5. The Morgan fingerprint density at radius 1 is 0.742 bits per heavy atom. The number of fused-ring (bicyclic) bond motifs is 1. The summed E-state index contributed by atoms with van der Waals surface area (Å²) in [7, 11) is -3.92. The molecule has 31 heavy (non-hydrogen) atoms. The van der Waals surface area contributed by atoms with Gasteiger partial charge in [0.15, 0.2) is 5.65 Å². The fraction of sp³-hybridized carbons (Fsp3) is 0.0417. The second kappa shape index (κ2) is 7.45. The molecule has 0 aliphatic rings. The second-order valence-electron chi connectivity index (χ2n) is 7.20.